The van der Waals surface area contributed by atoms with Gasteiger partial charge in [0.15, 0.2) is 0 Å². The number of aromatic amines is 1. The van der Waals surface area contributed by atoms with Crippen molar-refractivity contribution in [1.29, 1.82) is 0 Å². The van der Waals surface area contributed by atoms with Crippen LogP contribution in [0.15, 0.2) is 17.2 Å². The van der Waals surface area contributed by atoms with Crippen LogP contribution >= 0.6 is 0 Å². The van der Waals surface area contributed by atoms with E-state index in [0.29, 0.717) is 0 Å². The van der Waals surface area contributed by atoms with Crippen LogP contribution in [0.25, 0.3) is 0 Å². The maximum atomic E-state index is 11.8. The minimum absolute atomic E-state index is 0.155. The second kappa shape index (κ2) is 5.87. The summed E-state index contributed by atoms with van der Waals surface area (Å²) in [5.74, 6) is -0.635. The van der Waals surface area contributed by atoms with Crippen molar-refractivity contribution < 1.29 is 19.2 Å². The molecule has 0 aliphatic heterocycles. The smallest absolute Gasteiger partial charge is 0.405 e. The fourth-order valence-electron chi connectivity index (χ4n) is 1.27. The van der Waals surface area contributed by atoms with Crippen molar-refractivity contribution in [2.45, 2.75) is 12.6 Å². The molecule has 0 radical (unpaired) electrons. The lowest BCUT2D eigenvalue weighted by molar-refractivity contribution is -0.178. The van der Waals surface area contributed by atoms with Gasteiger partial charge in [0.25, 0.3) is 5.91 Å². The van der Waals surface area contributed by atoms with Gasteiger partial charge in [-0.2, -0.15) is 0 Å². The second-order valence-electron chi connectivity index (χ2n) is 3.36. The minimum Gasteiger partial charge on any atom is -0.434 e. The van der Waals surface area contributed by atoms with Crippen LogP contribution in [0.4, 0.5) is 4.79 Å². The number of hydrogen-bond donors (Lipinski definition) is 2. The molecule has 0 aliphatic rings. The predicted octanol–water partition coefficient (Wildman–Crippen LogP) is -1.34. The first kappa shape index (κ1) is 13.8. The lowest BCUT2D eigenvalue weighted by Crippen LogP contribution is -2.43. The van der Waals surface area contributed by atoms with Crippen molar-refractivity contribution in [3.8, 4) is 0 Å². The summed E-state index contributed by atoms with van der Waals surface area (Å²) >= 11 is 0. The van der Waals surface area contributed by atoms with E-state index in [1.165, 1.54) is 31.1 Å². The van der Waals surface area contributed by atoms with Crippen LogP contribution in [0.5, 0.6) is 0 Å². The van der Waals surface area contributed by atoms with E-state index in [4.69, 9.17) is 5.73 Å². The Balaban J connectivity index is 2.85. The average molecular weight is 258 g/mol. The summed E-state index contributed by atoms with van der Waals surface area (Å²) < 4.78 is 5.83. The summed E-state index contributed by atoms with van der Waals surface area (Å²) in [7, 11) is 2.63. The molecule has 100 valence electrons. The molecule has 0 saturated carbocycles. The molecule has 1 atom stereocenters. The number of ether oxygens (including phenoxy) is 1. The van der Waals surface area contributed by atoms with Crippen molar-refractivity contribution >= 4 is 12.0 Å². The van der Waals surface area contributed by atoms with Crippen LogP contribution in [0, 0.1) is 0 Å². The summed E-state index contributed by atoms with van der Waals surface area (Å²) in [5.41, 5.74) is 4.44. The van der Waals surface area contributed by atoms with Gasteiger partial charge < -0.3 is 15.5 Å². The summed E-state index contributed by atoms with van der Waals surface area (Å²) in [5, 5.41) is 0.880. The number of carbonyl (C=O) groups is 2. The molecule has 0 spiro atoms. The SMILES string of the molecule is CON(C)C(=O)[C@H](Cn1cc[nH]c1=O)OC(N)=O. The third-order valence-corrected chi connectivity index (χ3v) is 2.20. The molecule has 9 nitrogen and oxygen atoms in total. The highest BCUT2D eigenvalue weighted by molar-refractivity contribution is 5.82. The second-order valence-corrected chi connectivity index (χ2v) is 3.36. The molecular weight excluding hydrogens is 244 g/mol. The Morgan fingerprint density at radius 2 is 2.28 bits per heavy atom. The predicted molar refractivity (Wildman–Crippen MR) is 59.3 cm³/mol. The normalized spacial score (nSPS) is 11.9. The van der Waals surface area contributed by atoms with Crippen molar-refractivity contribution in [2.24, 2.45) is 5.73 Å². The fourth-order valence-corrected chi connectivity index (χ4v) is 1.27. The molecule has 9 heteroatoms. The highest BCUT2D eigenvalue weighted by Gasteiger charge is 2.26. The summed E-state index contributed by atoms with van der Waals surface area (Å²) in [6, 6.07) is 0. The van der Waals surface area contributed by atoms with Crippen LogP contribution in [0.2, 0.25) is 0 Å². The fraction of sp³-hybridized carbons (Fsp3) is 0.444. The van der Waals surface area contributed by atoms with Crippen molar-refractivity contribution in [3.05, 3.63) is 22.9 Å². The van der Waals surface area contributed by atoms with Gasteiger partial charge in [-0.15, -0.1) is 0 Å². The van der Waals surface area contributed by atoms with Crippen molar-refractivity contribution in [1.82, 2.24) is 14.6 Å². The monoisotopic (exact) mass is 258 g/mol. The van der Waals surface area contributed by atoms with Crippen LogP contribution < -0.4 is 11.4 Å². The van der Waals surface area contributed by atoms with Crippen LogP contribution in [-0.4, -0.2) is 46.9 Å². The zero-order chi connectivity index (χ0) is 13.7. The van der Waals surface area contributed by atoms with Crippen LogP contribution in [0.3, 0.4) is 0 Å². The lowest BCUT2D eigenvalue weighted by Gasteiger charge is -2.21. The third kappa shape index (κ3) is 3.35. The van der Waals surface area contributed by atoms with Gasteiger partial charge in [0.05, 0.1) is 13.7 Å². The number of nitrogens with two attached hydrogens (primary N) is 1. The number of likely N-dealkylation sites (N-methyl/N-ethyl adjacent to an activating group) is 1. The molecule has 0 fully saturated rings. The number of aromatic nitrogens is 2. The number of carbonyl (C=O) groups excluding carboxylic acids is 2. The Hall–Kier alpha value is -2.29. The molecule has 0 aliphatic carbocycles. The number of primary amides is 1. The largest absolute Gasteiger partial charge is 0.434 e. The van der Waals surface area contributed by atoms with Gasteiger partial charge in [-0.3, -0.25) is 14.2 Å². The quantitative estimate of drug-likeness (QED) is 0.633. The van der Waals surface area contributed by atoms with Crippen LogP contribution in [0.1, 0.15) is 0 Å². The molecule has 18 heavy (non-hydrogen) atoms. The molecule has 3 N–H and O–H groups in total. The van der Waals surface area contributed by atoms with Gasteiger partial charge in [0, 0.05) is 19.4 Å². The van der Waals surface area contributed by atoms with Crippen LogP contribution in [-0.2, 0) is 20.9 Å². The number of rotatable bonds is 5. The van der Waals surface area contributed by atoms with E-state index in [-0.39, 0.29) is 6.54 Å². The average Bonchev–Trinajstić information content (AvgIpc) is 2.71. The van der Waals surface area contributed by atoms with E-state index in [9.17, 15) is 14.4 Å². The van der Waals surface area contributed by atoms with Crippen molar-refractivity contribution in [2.75, 3.05) is 14.2 Å². The van der Waals surface area contributed by atoms with E-state index in [0.717, 1.165) is 5.06 Å². The molecule has 0 aromatic carbocycles. The molecule has 1 heterocycles. The number of hydrogen-bond acceptors (Lipinski definition) is 5. The summed E-state index contributed by atoms with van der Waals surface area (Å²) in [6.45, 7) is -0.155. The highest BCUT2D eigenvalue weighted by atomic mass is 16.7. The topological polar surface area (TPSA) is 120 Å². The summed E-state index contributed by atoms with van der Waals surface area (Å²) in [6.07, 6.45) is 0.468. The summed E-state index contributed by atoms with van der Waals surface area (Å²) in [4.78, 5) is 40.9. The Morgan fingerprint density at radius 1 is 1.61 bits per heavy atom. The number of nitrogens with zero attached hydrogens (tertiary/aromatic N) is 2. The van der Waals surface area contributed by atoms with E-state index in [2.05, 4.69) is 14.6 Å². The molecule has 1 rings (SSSR count). The molecular formula is C9H14N4O5. The molecule has 0 saturated heterocycles. The lowest BCUT2D eigenvalue weighted by atomic mass is 10.3. The first-order valence-electron chi connectivity index (χ1n) is 4.97. The van der Waals surface area contributed by atoms with Gasteiger partial charge in [-0.05, 0) is 0 Å². The van der Waals surface area contributed by atoms with E-state index in [1.807, 2.05) is 0 Å². The maximum absolute atomic E-state index is 11.8. The maximum Gasteiger partial charge on any atom is 0.405 e. The van der Waals surface area contributed by atoms with E-state index >= 15 is 0 Å². The first-order valence-corrected chi connectivity index (χ1v) is 4.97. The highest BCUT2D eigenvalue weighted by Crippen LogP contribution is 2.01. The first-order chi connectivity index (χ1) is 8.45. The van der Waals surface area contributed by atoms with Crippen molar-refractivity contribution in [3.63, 3.8) is 0 Å². The van der Waals surface area contributed by atoms with Gasteiger partial charge >= 0.3 is 11.8 Å². The number of imidazole rings is 1. The number of amides is 2. The standard InChI is InChI=1S/C9H14N4O5/c1-12(17-2)7(14)6(18-8(10)15)5-13-4-3-11-9(13)16/h3-4,6H,5H2,1-2H3,(H2,10,15)(H,11,16)/t6-/m0/s1. The van der Waals surface area contributed by atoms with E-state index in [1.54, 1.807) is 0 Å². The van der Waals surface area contributed by atoms with Gasteiger partial charge in [0.2, 0.25) is 6.10 Å². The molecule has 2 amide bonds. The zero-order valence-corrected chi connectivity index (χ0v) is 9.95. The Kier molecular flexibility index (Phi) is 4.49. The molecule has 0 bridgehead atoms. The van der Waals surface area contributed by atoms with Gasteiger partial charge in [-0.1, -0.05) is 0 Å². The Morgan fingerprint density at radius 3 is 2.72 bits per heavy atom. The number of H-pyrrole nitrogens is 1. The molecule has 1 aromatic rings. The Bertz CT molecular complexity index is 479. The minimum atomic E-state index is -1.24. The van der Waals surface area contributed by atoms with Gasteiger partial charge in [0.1, 0.15) is 0 Å². The Labute approximate surface area is 102 Å². The third-order valence-electron chi connectivity index (χ3n) is 2.20. The zero-order valence-electron chi connectivity index (χ0n) is 9.95. The molecule has 0 unspecified atom stereocenters. The van der Waals surface area contributed by atoms with Gasteiger partial charge in [-0.25, -0.2) is 14.7 Å². The molecule has 1 aromatic heterocycles. The number of nitrogens with one attached hydrogen (secondary N) is 1. The number of hydroxylamine groups is 2. The van der Waals surface area contributed by atoms with E-state index < -0.39 is 23.8 Å².